The Kier molecular flexibility index (Phi) is 5.54. The van der Waals surface area contributed by atoms with E-state index in [9.17, 15) is 9.59 Å². The molecule has 0 spiro atoms. The van der Waals surface area contributed by atoms with Gasteiger partial charge in [-0.05, 0) is 35.6 Å². The van der Waals surface area contributed by atoms with E-state index in [0.29, 0.717) is 12.2 Å². The molecule has 1 amide bonds. The quantitative estimate of drug-likeness (QED) is 0.912. The Balaban J connectivity index is 2.13. The van der Waals surface area contributed by atoms with Crippen LogP contribution in [0.1, 0.15) is 56.6 Å². The number of benzene rings is 1. The summed E-state index contributed by atoms with van der Waals surface area (Å²) in [4.78, 5) is 24.1. The number of nitrogens with one attached hydrogen (secondary N) is 1. The lowest BCUT2D eigenvalue weighted by molar-refractivity contribution is 0.101. The van der Waals surface area contributed by atoms with Gasteiger partial charge in [0.05, 0.1) is 0 Å². The van der Waals surface area contributed by atoms with Crippen molar-refractivity contribution >= 4 is 11.6 Å². The van der Waals surface area contributed by atoms with Gasteiger partial charge >= 0.3 is 0 Å². The van der Waals surface area contributed by atoms with Crippen molar-refractivity contribution in [3.05, 3.63) is 58.0 Å². The molecule has 24 heavy (non-hydrogen) atoms. The summed E-state index contributed by atoms with van der Waals surface area (Å²) in [6.07, 6.45) is 1.82. The van der Waals surface area contributed by atoms with Crippen molar-refractivity contribution in [3.63, 3.8) is 0 Å². The molecule has 5 heteroatoms. The number of hydrogen-bond acceptors (Lipinski definition) is 3. The maximum absolute atomic E-state index is 12.3. The third kappa shape index (κ3) is 4.54. The Morgan fingerprint density at radius 3 is 2.38 bits per heavy atom. The normalized spacial score (nSPS) is 11.3. The Morgan fingerprint density at radius 1 is 1.12 bits per heavy atom. The number of hydrogen-bond donors (Lipinski definition) is 1. The molecule has 128 valence electrons. The van der Waals surface area contributed by atoms with E-state index >= 15 is 0 Å². The smallest absolute Gasteiger partial charge is 0.276 e. The molecular weight excluding hydrogens is 302 g/mol. The van der Waals surface area contributed by atoms with Crippen molar-refractivity contribution in [2.75, 3.05) is 5.32 Å². The fourth-order valence-electron chi connectivity index (χ4n) is 2.29. The minimum absolute atomic E-state index is 0.0683. The third-order valence-electron chi connectivity index (χ3n) is 3.83. The van der Waals surface area contributed by atoms with Crippen LogP contribution in [-0.2, 0) is 12.0 Å². The molecule has 0 aliphatic rings. The largest absolute Gasteiger partial charge is 0.321 e. The van der Waals surface area contributed by atoms with Gasteiger partial charge in [-0.15, -0.1) is 0 Å². The van der Waals surface area contributed by atoms with Crippen LogP contribution in [0.25, 0.3) is 0 Å². The zero-order valence-electron chi connectivity index (χ0n) is 14.8. The van der Waals surface area contributed by atoms with Crippen molar-refractivity contribution < 1.29 is 4.79 Å². The van der Waals surface area contributed by atoms with Crippen LogP contribution in [0, 0.1) is 0 Å². The first-order valence-corrected chi connectivity index (χ1v) is 8.31. The molecule has 0 saturated carbocycles. The number of nitrogens with zero attached hydrogens (tertiary/aromatic N) is 2. The zero-order valence-corrected chi connectivity index (χ0v) is 14.8. The van der Waals surface area contributed by atoms with E-state index in [1.54, 1.807) is 0 Å². The van der Waals surface area contributed by atoms with E-state index in [1.807, 2.05) is 31.2 Å². The fourth-order valence-corrected chi connectivity index (χ4v) is 2.29. The summed E-state index contributed by atoms with van der Waals surface area (Å²) >= 11 is 0. The van der Waals surface area contributed by atoms with Crippen molar-refractivity contribution in [2.45, 2.75) is 52.5 Å². The number of aromatic nitrogens is 2. The number of unbranched alkanes of at least 4 members (excludes halogenated alkanes) is 1. The molecule has 2 rings (SSSR count). The van der Waals surface area contributed by atoms with Gasteiger partial charge in [0.2, 0.25) is 0 Å². The van der Waals surface area contributed by atoms with E-state index in [2.05, 4.69) is 31.2 Å². The Labute approximate surface area is 142 Å². The van der Waals surface area contributed by atoms with Gasteiger partial charge in [-0.25, -0.2) is 4.68 Å². The summed E-state index contributed by atoms with van der Waals surface area (Å²) in [5.74, 6) is -0.316. The first kappa shape index (κ1) is 17.9. The molecule has 0 saturated heterocycles. The molecule has 0 radical (unpaired) electrons. The highest BCUT2D eigenvalue weighted by Gasteiger charge is 2.14. The highest BCUT2D eigenvalue weighted by atomic mass is 16.2. The van der Waals surface area contributed by atoms with Gasteiger partial charge < -0.3 is 5.32 Å². The topological polar surface area (TPSA) is 64.0 Å². The summed E-state index contributed by atoms with van der Waals surface area (Å²) in [6.45, 7) is 9.00. The first-order chi connectivity index (χ1) is 11.3. The maximum atomic E-state index is 12.3. The molecule has 1 aromatic carbocycles. The van der Waals surface area contributed by atoms with Gasteiger partial charge in [-0.3, -0.25) is 9.59 Å². The SMILES string of the molecule is CCCCn1nc(C(=O)Nc2ccc(C(C)(C)C)cc2)ccc1=O. The number of aryl methyl sites for hydroxylation is 1. The van der Waals surface area contributed by atoms with E-state index in [1.165, 1.54) is 22.4 Å². The highest BCUT2D eigenvalue weighted by molar-refractivity contribution is 6.02. The molecule has 0 atom stereocenters. The molecule has 1 heterocycles. The van der Waals surface area contributed by atoms with Crippen LogP contribution in [0.4, 0.5) is 5.69 Å². The van der Waals surface area contributed by atoms with Crippen molar-refractivity contribution in [1.82, 2.24) is 9.78 Å². The van der Waals surface area contributed by atoms with Crippen molar-refractivity contribution in [1.29, 1.82) is 0 Å². The lowest BCUT2D eigenvalue weighted by atomic mass is 9.87. The molecule has 0 unspecified atom stereocenters. The monoisotopic (exact) mass is 327 g/mol. The minimum Gasteiger partial charge on any atom is -0.321 e. The van der Waals surface area contributed by atoms with Gasteiger partial charge in [-0.2, -0.15) is 5.10 Å². The maximum Gasteiger partial charge on any atom is 0.276 e. The molecule has 1 aromatic heterocycles. The van der Waals surface area contributed by atoms with Gasteiger partial charge in [-0.1, -0.05) is 46.2 Å². The van der Waals surface area contributed by atoms with Crippen LogP contribution >= 0.6 is 0 Å². The molecule has 2 aromatic rings. The standard InChI is InChI=1S/C19H25N3O2/c1-5-6-13-22-17(23)12-11-16(21-22)18(24)20-15-9-7-14(8-10-15)19(2,3)4/h7-12H,5-6,13H2,1-4H3,(H,20,24). The second-order valence-electron chi connectivity index (χ2n) is 6.91. The first-order valence-electron chi connectivity index (χ1n) is 8.31. The van der Waals surface area contributed by atoms with Gasteiger partial charge in [0.1, 0.15) is 5.69 Å². The summed E-state index contributed by atoms with van der Waals surface area (Å²) in [5, 5.41) is 6.98. The minimum atomic E-state index is -0.316. The summed E-state index contributed by atoms with van der Waals surface area (Å²) in [6, 6.07) is 10.6. The molecule has 5 nitrogen and oxygen atoms in total. The number of carbonyl (C=O) groups excluding carboxylic acids is 1. The number of carbonyl (C=O) groups is 1. The van der Waals surface area contributed by atoms with E-state index in [4.69, 9.17) is 0 Å². The number of amides is 1. The molecule has 1 N–H and O–H groups in total. The van der Waals surface area contributed by atoms with Crippen LogP contribution in [-0.4, -0.2) is 15.7 Å². The predicted octanol–water partition coefficient (Wildman–Crippen LogP) is 3.59. The van der Waals surface area contributed by atoms with Crippen molar-refractivity contribution in [3.8, 4) is 0 Å². The van der Waals surface area contributed by atoms with Crippen LogP contribution < -0.4 is 10.9 Å². The van der Waals surface area contributed by atoms with Crippen molar-refractivity contribution in [2.24, 2.45) is 0 Å². The third-order valence-corrected chi connectivity index (χ3v) is 3.83. The van der Waals surface area contributed by atoms with E-state index in [0.717, 1.165) is 12.8 Å². The lowest BCUT2D eigenvalue weighted by Crippen LogP contribution is -2.26. The lowest BCUT2D eigenvalue weighted by Gasteiger charge is -2.19. The second kappa shape index (κ2) is 7.43. The molecule has 0 fully saturated rings. The zero-order chi connectivity index (χ0) is 17.7. The predicted molar refractivity (Wildman–Crippen MR) is 96.5 cm³/mol. The van der Waals surface area contributed by atoms with Crippen LogP contribution in [0.5, 0.6) is 0 Å². The molecule has 0 bridgehead atoms. The van der Waals surface area contributed by atoms with E-state index < -0.39 is 0 Å². The van der Waals surface area contributed by atoms with Gasteiger partial charge in [0.25, 0.3) is 11.5 Å². The Bertz CT molecular complexity index is 755. The molecule has 0 aliphatic heterocycles. The molecular formula is C19H25N3O2. The van der Waals surface area contributed by atoms with Gasteiger partial charge in [0.15, 0.2) is 0 Å². The number of anilines is 1. The summed E-state index contributed by atoms with van der Waals surface area (Å²) in [5.41, 5.74) is 2.03. The molecule has 0 aliphatic carbocycles. The number of rotatable bonds is 5. The second-order valence-corrected chi connectivity index (χ2v) is 6.91. The van der Waals surface area contributed by atoms with Crippen LogP contribution in [0.3, 0.4) is 0 Å². The summed E-state index contributed by atoms with van der Waals surface area (Å²) < 4.78 is 1.35. The van der Waals surface area contributed by atoms with Gasteiger partial charge in [0, 0.05) is 18.3 Å². The average molecular weight is 327 g/mol. The summed E-state index contributed by atoms with van der Waals surface area (Å²) in [7, 11) is 0. The Morgan fingerprint density at radius 2 is 1.79 bits per heavy atom. The van der Waals surface area contributed by atoms with Crippen LogP contribution in [0.15, 0.2) is 41.2 Å². The Hall–Kier alpha value is -2.43. The highest BCUT2D eigenvalue weighted by Crippen LogP contribution is 2.23. The fraction of sp³-hybridized carbons (Fsp3) is 0.421. The average Bonchev–Trinajstić information content (AvgIpc) is 2.53. The van der Waals surface area contributed by atoms with E-state index in [-0.39, 0.29) is 22.6 Å². The van der Waals surface area contributed by atoms with Crippen LogP contribution in [0.2, 0.25) is 0 Å².